The third-order valence-electron chi connectivity index (χ3n) is 8.46. The topological polar surface area (TPSA) is 253 Å². The number of carboxylic acids is 1. The Morgan fingerprint density at radius 2 is 1.19 bits per heavy atom. The molecule has 1 aliphatic rings. The zero-order valence-electron chi connectivity index (χ0n) is 30.9. The molecule has 0 bridgehead atoms. The van der Waals surface area contributed by atoms with Crippen LogP contribution >= 0.6 is 0 Å². The van der Waals surface area contributed by atoms with Crippen molar-refractivity contribution in [2.75, 3.05) is 111 Å². The molecule has 19 heteroatoms. The average molecular weight is 744 g/mol. The van der Waals surface area contributed by atoms with Gasteiger partial charge in [-0.3, -0.25) is 43.5 Å². The fraction of sp³-hybridized carbons (Fsp3) is 0.788. The fourth-order valence-corrected chi connectivity index (χ4v) is 5.30. The molecular weight excluding hydrogens is 682 g/mol. The van der Waals surface area contributed by atoms with Gasteiger partial charge in [-0.1, -0.05) is 20.8 Å². The summed E-state index contributed by atoms with van der Waals surface area (Å²) in [6.07, 6.45) is 2.29. The molecule has 0 spiro atoms. The van der Waals surface area contributed by atoms with Crippen LogP contribution in [0.25, 0.3) is 0 Å². The van der Waals surface area contributed by atoms with Crippen LogP contribution in [0, 0.1) is 5.92 Å². The molecule has 8 N–H and O–H groups in total. The number of aliphatic hydroxyl groups excluding tert-OH is 2. The molecule has 0 aliphatic carbocycles. The Balaban J connectivity index is 2.57. The summed E-state index contributed by atoms with van der Waals surface area (Å²) < 4.78 is 0. The van der Waals surface area contributed by atoms with Crippen LogP contribution in [0.1, 0.15) is 40.0 Å². The van der Waals surface area contributed by atoms with Gasteiger partial charge in [0.2, 0.25) is 29.5 Å². The Kier molecular flexibility index (Phi) is 24.0. The van der Waals surface area contributed by atoms with Gasteiger partial charge in [0.05, 0.1) is 39.4 Å². The van der Waals surface area contributed by atoms with Gasteiger partial charge in [0, 0.05) is 71.9 Å². The van der Waals surface area contributed by atoms with Crippen LogP contribution in [0.5, 0.6) is 0 Å². The molecule has 19 nitrogen and oxygen atoms in total. The molecule has 0 radical (unpaired) electrons. The quantitative estimate of drug-likeness (QED) is 0.0386. The van der Waals surface area contributed by atoms with Gasteiger partial charge in [-0.25, -0.2) is 0 Å². The Hall–Kier alpha value is -3.75. The molecule has 1 saturated heterocycles. The largest absolute Gasteiger partial charge is 0.480 e. The van der Waals surface area contributed by atoms with Gasteiger partial charge in [-0.15, -0.1) is 0 Å². The maximum Gasteiger partial charge on any atom is 0.317 e. The number of nitrogens with one attached hydrogen (secondary N) is 5. The lowest BCUT2D eigenvalue weighted by Gasteiger charge is -2.32. The summed E-state index contributed by atoms with van der Waals surface area (Å²) in [4.78, 5) is 92.9. The SMILES string of the molecule is CCN1CCN(CC=O)CCN(CC(=O)O)CCN(CC(=O)NCCC(=O)NC(CO)C(=O)NCC(=O)NC(CO)C(=O)NCCCC(C)C)CC1. The van der Waals surface area contributed by atoms with Crippen LogP contribution in [-0.4, -0.2) is 200 Å². The Morgan fingerprint density at radius 1 is 0.673 bits per heavy atom. The summed E-state index contributed by atoms with van der Waals surface area (Å²) >= 11 is 0. The van der Waals surface area contributed by atoms with Crippen LogP contribution in [0.15, 0.2) is 0 Å². The maximum atomic E-state index is 12.8. The summed E-state index contributed by atoms with van der Waals surface area (Å²) in [5.41, 5.74) is 0. The minimum atomic E-state index is -1.38. The molecule has 0 aromatic rings. The first-order valence-corrected chi connectivity index (χ1v) is 18.0. The highest BCUT2D eigenvalue weighted by atomic mass is 16.4. The Morgan fingerprint density at radius 3 is 1.71 bits per heavy atom. The number of carboxylic acid groups (broad SMARTS) is 1. The maximum absolute atomic E-state index is 12.8. The molecule has 0 aromatic heterocycles. The lowest BCUT2D eigenvalue weighted by Crippen LogP contribution is -2.54. The van der Waals surface area contributed by atoms with Crippen molar-refractivity contribution >= 4 is 41.8 Å². The second-order valence-electron chi connectivity index (χ2n) is 13.1. The van der Waals surface area contributed by atoms with Gasteiger partial charge in [0.15, 0.2) is 0 Å². The van der Waals surface area contributed by atoms with E-state index in [4.69, 9.17) is 0 Å². The number of hydrogen-bond donors (Lipinski definition) is 8. The molecule has 1 rings (SSSR count). The zero-order chi connectivity index (χ0) is 38.9. The van der Waals surface area contributed by atoms with E-state index >= 15 is 0 Å². The van der Waals surface area contributed by atoms with Crippen LogP contribution in [0.3, 0.4) is 0 Å². The van der Waals surface area contributed by atoms with Gasteiger partial charge >= 0.3 is 5.97 Å². The first-order chi connectivity index (χ1) is 24.8. The average Bonchev–Trinajstić information content (AvgIpc) is 3.09. The third kappa shape index (κ3) is 20.9. The van der Waals surface area contributed by atoms with E-state index in [2.05, 4.69) is 45.3 Å². The molecule has 2 atom stereocenters. The van der Waals surface area contributed by atoms with E-state index in [0.29, 0.717) is 64.8 Å². The van der Waals surface area contributed by atoms with Crippen molar-refractivity contribution in [1.82, 2.24) is 46.2 Å². The predicted octanol–water partition coefficient (Wildman–Crippen LogP) is -4.36. The molecular formula is C33H61N9O10. The lowest BCUT2D eigenvalue weighted by molar-refractivity contribution is -0.138. The fourth-order valence-electron chi connectivity index (χ4n) is 5.30. The van der Waals surface area contributed by atoms with Crippen molar-refractivity contribution in [1.29, 1.82) is 0 Å². The molecule has 2 unspecified atom stereocenters. The van der Waals surface area contributed by atoms with E-state index in [1.54, 1.807) is 4.90 Å². The minimum Gasteiger partial charge on any atom is -0.480 e. The van der Waals surface area contributed by atoms with Crippen molar-refractivity contribution < 1.29 is 48.9 Å². The van der Waals surface area contributed by atoms with Gasteiger partial charge in [0.1, 0.15) is 18.4 Å². The smallest absolute Gasteiger partial charge is 0.317 e. The predicted molar refractivity (Wildman–Crippen MR) is 191 cm³/mol. The second-order valence-corrected chi connectivity index (χ2v) is 13.1. The normalized spacial score (nSPS) is 16.8. The van der Waals surface area contributed by atoms with Gasteiger partial charge < -0.3 is 51.6 Å². The van der Waals surface area contributed by atoms with Crippen LogP contribution < -0.4 is 26.6 Å². The van der Waals surface area contributed by atoms with Gasteiger partial charge in [-0.05, 0) is 25.3 Å². The van der Waals surface area contributed by atoms with E-state index < -0.39 is 61.4 Å². The van der Waals surface area contributed by atoms with Crippen molar-refractivity contribution in [3.63, 3.8) is 0 Å². The van der Waals surface area contributed by atoms with Crippen LogP contribution in [0.2, 0.25) is 0 Å². The van der Waals surface area contributed by atoms with Gasteiger partial charge in [0.25, 0.3) is 0 Å². The lowest BCUT2D eigenvalue weighted by atomic mass is 10.1. The van der Waals surface area contributed by atoms with E-state index in [9.17, 15) is 48.9 Å². The highest BCUT2D eigenvalue weighted by Gasteiger charge is 2.24. The number of nitrogens with zero attached hydrogens (tertiary/aromatic N) is 4. The van der Waals surface area contributed by atoms with E-state index in [1.165, 1.54) is 0 Å². The van der Waals surface area contributed by atoms with E-state index in [-0.39, 0.29) is 38.5 Å². The Bertz CT molecular complexity index is 1130. The highest BCUT2D eigenvalue weighted by Crippen LogP contribution is 2.03. The van der Waals surface area contributed by atoms with Crippen molar-refractivity contribution in [2.45, 2.75) is 52.1 Å². The zero-order valence-corrected chi connectivity index (χ0v) is 30.9. The molecule has 0 saturated carbocycles. The number of likely N-dealkylation sites (N-methyl/N-ethyl adjacent to an activating group) is 1. The molecule has 52 heavy (non-hydrogen) atoms. The summed E-state index contributed by atoms with van der Waals surface area (Å²) in [5.74, 6) is -3.65. The summed E-state index contributed by atoms with van der Waals surface area (Å²) in [7, 11) is 0. The van der Waals surface area contributed by atoms with Crippen molar-refractivity contribution in [3.8, 4) is 0 Å². The molecule has 1 aliphatic heterocycles. The summed E-state index contributed by atoms with van der Waals surface area (Å²) in [6.45, 7) is 9.71. The first-order valence-electron chi connectivity index (χ1n) is 18.0. The standard InChI is InChI=1S/C33H61N9O10/c1-4-39-10-12-40(18-19-43)13-15-42(22-31(49)50)17-16-41(14-11-39)21-30(48)34-9-7-28(46)37-27(24-45)33(52)36-20-29(47)38-26(23-44)32(51)35-8-5-6-25(2)3/h19,25-27,44-45H,4-18,20-24H2,1-3H3,(H,34,48)(H,35,51)(H,36,52)(H,37,46)(H,38,47)(H,49,50). The number of aldehydes is 1. The number of hydrogen-bond acceptors (Lipinski definition) is 13. The number of carbonyl (C=O) groups is 7. The van der Waals surface area contributed by atoms with Crippen LogP contribution in [-0.2, 0) is 33.6 Å². The Labute approximate surface area is 306 Å². The highest BCUT2D eigenvalue weighted by molar-refractivity contribution is 5.92. The number of aliphatic carboxylic acids is 1. The number of rotatable bonds is 22. The van der Waals surface area contributed by atoms with Crippen molar-refractivity contribution in [3.05, 3.63) is 0 Å². The number of aliphatic hydroxyl groups is 2. The first kappa shape index (κ1) is 46.3. The molecule has 0 aromatic carbocycles. The minimum absolute atomic E-state index is 0.0119. The molecule has 1 fully saturated rings. The number of carbonyl (C=O) groups excluding carboxylic acids is 6. The van der Waals surface area contributed by atoms with Crippen molar-refractivity contribution in [2.24, 2.45) is 5.92 Å². The summed E-state index contributed by atoms with van der Waals surface area (Å²) in [5, 5.41) is 40.8. The summed E-state index contributed by atoms with van der Waals surface area (Å²) in [6, 6.07) is -2.59. The number of amides is 5. The third-order valence-corrected chi connectivity index (χ3v) is 8.46. The molecule has 298 valence electrons. The molecule has 5 amide bonds. The van der Waals surface area contributed by atoms with Gasteiger partial charge in [-0.2, -0.15) is 0 Å². The second kappa shape index (κ2) is 26.9. The van der Waals surface area contributed by atoms with Crippen LogP contribution in [0.4, 0.5) is 0 Å². The van der Waals surface area contributed by atoms with E-state index in [0.717, 1.165) is 25.7 Å². The monoisotopic (exact) mass is 743 g/mol. The van der Waals surface area contributed by atoms with E-state index in [1.807, 2.05) is 16.7 Å². The molecule has 1 heterocycles.